The van der Waals surface area contributed by atoms with Gasteiger partial charge in [0.05, 0.1) is 19.3 Å². The average Bonchev–Trinajstić information content (AvgIpc) is 2.62. The topological polar surface area (TPSA) is 93.7 Å². The van der Waals surface area contributed by atoms with E-state index in [4.69, 9.17) is 5.73 Å². The van der Waals surface area contributed by atoms with Crippen LogP contribution in [0.4, 0.5) is 0 Å². The zero-order valence-electron chi connectivity index (χ0n) is 7.60. The summed E-state index contributed by atoms with van der Waals surface area (Å²) in [5.74, 6) is 0.930. The minimum atomic E-state index is -0.0613. The Morgan fingerprint density at radius 3 is 2.69 bits per heavy atom. The van der Waals surface area contributed by atoms with Crippen LogP contribution in [-0.2, 0) is 7.05 Å². The number of rotatable bonds is 1. The van der Waals surface area contributed by atoms with E-state index < -0.39 is 0 Å². The molecule has 3 atom stereocenters. The number of aryl methyl sites for hydroxylation is 1. The monoisotopic (exact) mass is 183 g/mol. The van der Waals surface area contributed by atoms with E-state index in [1.54, 1.807) is 7.05 Å². The molecule has 0 bridgehead atoms. The molecule has 0 amide bonds. The fraction of sp³-hybridized carbons (Fsp3) is 0.833. The first-order chi connectivity index (χ1) is 6.18. The molecule has 1 aromatic rings. The van der Waals surface area contributed by atoms with Crippen LogP contribution in [0.3, 0.4) is 0 Å². The van der Waals surface area contributed by atoms with Gasteiger partial charge < -0.3 is 5.73 Å². The van der Waals surface area contributed by atoms with Crippen molar-refractivity contribution in [1.82, 2.24) is 31.1 Å². The van der Waals surface area contributed by atoms with Gasteiger partial charge in [0.1, 0.15) is 0 Å². The lowest BCUT2D eigenvalue weighted by molar-refractivity contribution is 0.447. The molecule has 1 aliphatic rings. The molecule has 1 fully saturated rings. The predicted octanol–water partition coefficient (Wildman–Crippen LogP) is -1.72. The van der Waals surface area contributed by atoms with Gasteiger partial charge in [0.2, 0.25) is 0 Å². The van der Waals surface area contributed by atoms with Crippen LogP contribution in [0.15, 0.2) is 0 Å². The molecule has 7 heteroatoms. The highest BCUT2D eigenvalue weighted by Gasteiger charge is 2.33. The summed E-state index contributed by atoms with van der Waals surface area (Å²) in [6.07, 6.45) is -0.0613. The summed E-state index contributed by atoms with van der Waals surface area (Å²) in [6, 6.07) is 0.0451. The summed E-state index contributed by atoms with van der Waals surface area (Å²) in [7, 11) is 1.74. The van der Waals surface area contributed by atoms with Gasteiger partial charge in [-0.15, -0.1) is 10.2 Å². The van der Waals surface area contributed by atoms with Crippen molar-refractivity contribution in [3.8, 4) is 0 Å². The molecule has 1 saturated heterocycles. The minimum Gasteiger partial charge on any atom is -0.315 e. The molecule has 0 aliphatic carbocycles. The Morgan fingerprint density at radius 2 is 2.23 bits per heavy atom. The van der Waals surface area contributed by atoms with Crippen LogP contribution in [0.2, 0.25) is 0 Å². The number of tetrazole rings is 1. The zero-order chi connectivity index (χ0) is 9.42. The number of aromatic nitrogens is 4. The Morgan fingerprint density at radius 1 is 1.46 bits per heavy atom. The second-order valence-corrected chi connectivity index (χ2v) is 3.29. The van der Waals surface area contributed by atoms with Crippen molar-refractivity contribution in [2.75, 3.05) is 0 Å². The zero-order valence-corrected chi connectivity index (χ0v) is 7.60. The van der Waals surface area contributed by atoms with E-state index in [1.165, 1.54) is 4.80 Å². The summed E-state index contributed by atoms with van der Waals surface area (Å²) in [4.78, 5) is 1.44. The van der Waals surface area contributed by atoms with Crippen molar-refractivity contribution in [2.24, 2.45) is 18.7 Å². The SMILES string of the molecule is CC1C(N)NNC1c1nnn(C)n1. The lowest BCUT2D eigenvalue weighted by atomic mass is 10.0. The van der Waals surface area contributed by atoms with Gasteiger partial charge in [-0.2, -0.15) is 4.80 Å². The highest BCUT2D eigenvalue weighted by Crippen LogP contribution is 2.22. The second-order valence-electron chi connectivity index (χ2n) is 3.29. The lowest BCUT2D eigenvalue weighted by Gasteiger charge is -2.11. The summed E-state index contributed by atoms with van der Waals surface area (Å²) < 4.78 is 0. The van der Waals surface area contributed by atoms with Gasteiger partial charge in [-0.3, -0.25) is 0 Å². The summed E-state index contributed by atoms with van der Waals surface area (Å²) in [5.41, 5.74) is 11.7. The van der Waals surface area contributed by atoms with E-state index in [2.05, 4.69) is 26.3 Å². The Balaban J connectivity index is 2.18. The van der Waals surface area contributed by atoms with Gasteiger partial charge in [0, 0.05) is 5.92 Å². The molecule has 2 rings (SSSR count). The quantitative estimate of drug-likeness (QED) is 0.479. The number of nitrogens with two attached hydrogens (primary N) is 1. The third-order valence-corrected chi connectivity index (χ3v) is 2.30. The van der Waals surface area contributed by atoms with Crippen molar-refractivity contribution < 1.29 is 0 Å². The van der Waals surface area contributed by atoms with Gasteiger partial charge >= 0.3 is 0 Å². The van der Waals surface area contributed by atoms with Crippen molar-refractivity contribution in [3.05, 3.63) is 5.82 Å². The van der Waals surface area contributed by atoms with Crippen LogP contribution in [-0.4, -0.2) is 26.4 Å². The van der Waals surface area contributed by atoms with Crippen molar-refractivity contribution >= 4 is 0 Å². The normalized spacial score (nSPS) is 33.9. The maximum absolute atomic E-state index is 5.76. The van der Waals surface area contributed by atoms with Gasteiger partial charge in [-0.25, -0.2) is 10.9 Å². The molecule has 4 N–H and O–H groups in total. The van der Waals surface area contributed by atoms with Crippen LogP contribution < -0.4 is 16.6 Å². The fourth-order valence-corrected chi connectivity index (χ4v) is 1.38. The Labute approximate surface area is 75.6 Å². The maximum Gasteiger partial charge on any atom is 0.193 e. The molecular formula is C6H13N7. The highest BCUT2D eigenvalue weighted by atomic mass is 15.6. The van der Waals surface area contributed by atoms with E-state index in [0.29, 0.717) is 5.82 Å². The molecule has 7 nitrogen and oxygen atoms in total. The standard InChI is InChI=1S/C6H13N7/c1-3-4(8-9-5(3)7)6-10-12-13(2)11-6/h3-5,8-9H,7H2,1-2H3. The van der Waals surface area contributed by atoms with E-state index >= 15 is 0 Å². The number of nitrogens with zero attached hydrogens (tertiary/aromatic N) is 4. The molecule has 72 valence electrons. The maximum atomic E-state index is 5.76. The molecule has 2 heterocycles. The van der Waals surface area contributed by atoms with Crippen molar-refractivity contribution in [1.29, 1.82) is 0 Å². The van der Waals surface area contributed by atoms with Gasteiger partial charge in [0.25, 0.3) is 0 Å². The first-order valence-corrected chi connectivity index (χ1v) is 4.19. The Kier molecular flexibility index (Phi) is 1.98. The number of nitrogens with one attached hydrogen (secondary N) is 2. The van der Waals surface area contributed by atoms with E-state index in [-0.39, 0.29) is 18.1 Å². The van der Waals surface area contributed by atoms with Gasteiger partial charge in [-0.1, -0.05) is 6.92 Å². The predicted molar refractivity (Wildman–Crippen MR) is 44.9 cm³/mol. The number of hydrogen-bond donors (Lipinski definition) is 3. The van der Waals surface area contributed by atoms with Gasteiger partial charge in [-0.05, 0) is 5.21 Å². The third kappa shape index (κ3) is 1.41. The van der Waals surface area contributed by atoms with Crippen molar-refractivity contribution in [2.45, 2.75) is 19.1 Å². The van der Waals surface area contributed by atoms with E-state index in [1.807, 2.05) is 6.92 Å². The molecule has 3 unspecified atom stereocenters. The average molecular weight is 183 g/mol. The number of hydrogen-bond acceptors (Lipinski definition) is 6. The fourth-order valence-electron chi connectivity index (χ4n) is 1.38. The van der Waals surface area contributed by atoms with Crippen LogP contribution in [0, 0.1) is 5.92 Å². The van der Waals surface area contributed by atoms with Crippen molar-refractivity contribution in [3.63, 3.8) is 0 Å². The third-order valence-electron chi connectivity index (χ3n) is 2.30. The lowest BCUT2D eigenvalue weighted by Crippen LogP contribution is -2.38. The molecule has 1 aliphatic heterocycles. The molecule has 0 saturated carbocycles. The summed E-state index contributed by atoms with van der Waals surface area (Å²) in [5, 5.41) is 11.8. The summed E-state index contributed by atoms with van der Waals surface area (Å²) >= 11 is 0. The minimum absolute atomic E-state index is 0.0451. The largest absolute Gasteiger partial charge is 0.315 e. The molecule has 0 spiro atoms. The molecular weight excluding hydrogens is 170 g/mol. The van der Waals surface area contributed by atoms with E-state index in [0.717, 1.165) is 0 Å². The highest BCUT2D eigenvalue weighted by molar-refractivity contribution is 4.97. The Bertz CT molecular complexity index is 295. The van der Waals surface area contributed by atoms with Crippen LogP contribution in [0.25, 0.3) is 0 Å². The van der Waals surface area contributed by atoms with Crippen LogP contribution in [0.5, 0.6) is 0 Å². The first-order valence-electron chi connectivity index (χ1n) is 4.19. The van der Waals surface area contributed by atoms with Gasteiger partial charge in [0.15, 0.2) is 5.82 Å². The smallest absolute Gasteiger partial charge is 0.193 e. The second kappa shape index (κ2) is 3.02. The first kappa shape index (κ1) is 8.54. The molecule has 1 aromatic heterocycles. The Hall–Kier alpha value is -1.05. The van der Waals surface area contributed by atoms with Crippen LogP contribution in [0.1, 0.15) is 18.8 Å². The molecule has 13 heavy (non-hydrogen) atoms. The van der Waals surface area contributed by atoms with E-state index in [9.17, 15) is 0 Å². The summed E-state index contributed by atoms with van der Waals surface area (Å²) in [6.45, 7) is 2.04. The van der Waals surface area contributed by atoms with Crippen LogP contribution >= 0.6 is 0 Å². The molecule has 0 radical (unpaired) electrons. The number of hydrazine groups is 1. The molecule has 0 aromatic carbocycles.